The van der Waals surface area contributed by atoms with Gasteiger partial charge in [0.2, 0.25) is 5.91 Å². The zero-order valence-corrected chi connectivity index (χ0v) is 14.1. The maximum atomic E-state index is 12.2. The first-order valence-corrected chi connectivity index (χ1v) is 7.31. The monoisotopic (exact) mass is 339 g/mol. The second-order valence-corrected chi connectivity index (χ2v) is 6.20. The number of hydrogen-bond donors (Lipinski definition) is 2. The number of imide groups is 1. The fourth-order valence-corrected chi connectivity index (χ4v) is 2.38. The summed E-state index contributed by atoms with van der Waals surface area (Å²) in [5.41, 5.74) is 0.177. The van der Waals surface area contributed by atoms with Crippen LogP contribution >= 0.6 is 11.6 Å². The van der Waals surface area contributed by atoms with Crippen LogP contribution in [0.3, 0.4) is 0 Å². The van der Waals surface area contributed by atoms with Gasteiger partial charge in [-0.1, -0.05) is 11.6 Å². The molecule has 7 nitrogen and oxygen atoms in total. The highest BCUT2D eigenvalue weighted by Gasteiger charge is 2.44. The number of rotatable bonds is 4. The van der Waals surface area contributed by atoms with Crippen LogP contribution in [0.15, 0.2) is 12.1 Å². The van der Waals surface area contributed by atoms with Gasteiger partial charge in [0.05, 0.1) is 12.8 Å². The van der Waals surface area contributed by atoms with E-state index < -0.39 is 23.4 Å². The Morgan fingerprint density at radius 1 is 1.39 bits per heavy atom. The number of nitrogens with zero attached hydrogens (tertiary/aromatic N) is 1. The maximum absolute atomic E-state index is 12.2. The quantitative estimate of drug-likeness (QED) is 0.820. The highest BCUT2D eigenvalue weighted by molar-refractivity contribution is 6.31. The molecule has 0 atom stereocenters. The summed E-state index contributed by atoms with van der Waals surface area (Å²) in [6, 6.07) is 2.66. The van der Waals surface area contributed by atoms with E-state index in [9.17, 15) is 14.4 Å². The number of methoxy groups -OCH3 is 1. The molecule has 1 heterocycles. The van der Waals surface area contributed by atoms with Gasteiger partial charge in [-0.05, 0) is 32.4 Å². The number of anilines is 1. The Balaban J connectivity index is 2.13. The van der Waals surface area contributed by atoms with Crippen molar-refractivity contribution in [1.29, 1.82) is 0 Å². The summed E-state index contributed by atoms with van der Waals surface area (Å²) in [5.74, 6) is -0.561. The minimum atomic E-state index is -1.01. The number of halogens is 1. The molecule has 8 heteroatoms. The average Bonchev–Trinajstić information content (AvgIpc) is 2.64. The topological polar surface area (TPSA) is 87.7 Å². The molecule has 2 N–H and O–H groups in total. The van der Waals surface area contributed by atoms with Crippen LogP contribution in [0, 0.1) is 6.92 Å². The van der Waals surface area contributed by atoms with Crippen molar-refractivity contribution in [2.75, 3.05) is 19.0 Å². The van der Waals surface area contributed by atoms with E-state index in [4.69, 9.17) is 16.3 Å². The minimum Gasteiger partial charge on any atom is -0.495 e. The number of urea groups is 1. The van der Waals surface area contributed by atoms with Crippen molar-refractivity contribution in [2.24, 2.45) is 0 Å². The van der Waals surface area contributed by atoms with E-state index in [1.807, 2.05) is 0 Å². The molecule has 124 valence electrons. The zero-order valence-electron chi connectivity index (χ0n) is 13.3. The Kier molecular flexibility index (Phi) is 4.51. The standard InChI is InChI=1S/C15H18ClN3O4/c1-8-5-10(11(23-4)6-9(8)16)17-12(20)7-19-13(21)15(2,3)18-14(19)22/h5-6H,7H2,1-4H3,(H,17,20)(H,18,22). The number of ether oxygens (including phenoxy) is 1. The molecule has 0 spiro atoms. The van der Waals surface area contributed by atoms with Crippen LogP contribution in [0.5, 0.6) is 5.75 Å². The fraction of sp³-hybridized carbons (Fsp3) is 0.400. The van der Waals surface area contributed by atoms with Crippen molar-refractivity contribution >= 4 is 35.1 Å². The van der Waals surface area contributed by atoms with Gasteiger partial charge in [-0.25, -0.2) is 4.79 Å². The summed E-state index contributed by atoms with van der Waals surface area (Å²) >= 11 is 6.01. The van der Waals surface area contributed by atoms with Crippen LogP contribution < -0.4 is 15.4 Å². The number of nitrogens with one attached hydrogen (secondary N) is 2. The number of carbonyl (C=O) groups excluding carboxylic acids is 3. The third-order valence-corrected chi connectivity index (χ3v) is 3.91. The van der Waals surface area contributed by atoms with Gasteiger partial charge < -0.3 is 15.4 Å². The molecule has 0 radical (unpaired) electrons. The molecule has 1 aliphatic rings. The average molecular weight is 340 g/mol. The van der Waals surface area contributed by atoms with Gasteiger partial charge in [0.15, 0.2) is 0 Å². The van der Waals surface area contributed by atoms with E-state index in [-0.39, 0.29) is 6.54 Å². The van der Waals surface area contributed by atoms with E-state index in [0.717, 1.165) is 10.5 Å². The van der Waals surface area contributed by atoms with Crippen molar-refractivity contribution in [3.05, 3.63) is 22.7 Å². The van der Waals surface area contributed by atoms with E-state index >= 15 is 0 Å². The molecule has 0 aromatic heterocycles. The Bertz CT molecular complexity index is 688. The van der Waals surface area contributed by atoms with Crippen LogP contribution in [0.4, 0.5) is 10.5 Å². The van der Waals surface area contributed by atoms with Crippen LogP contribution in [0.2, 0.25) is 5.02 Å². The third kappa shape index (κ3) is 3.39. The highest BCUT2D eigenvalue weighted by atomic mass is 35.5. The molecule has 2 rings (SSSR count). The molecule has 0 bridgehead atoms. The molecule has 1 fully saturated rings. The van der Waals surface area contributed by atoms with Gasteiger partial charge >= 0.3 is 6.03 Å². The van der Waals surface area contributed by atoms with Crippen LogP contribution in [-0.2, 0) is 9.59 Å². The molecule has 1 aliphatic heterocycles. The Labute approximate surface area is 138 Å². The molecule has 1 aromatic rings. The molecular formula is C15H18ClN3O4. The second-order valence-electron chi connectivity index (χ2n) is 5.80. The van der Waals surface area contributed by atoms with Crippen LogP contribution in [0.1, 0.15) is 19.4 Å². The second kappa shape index (κ2) is 6.08. The lowest BCUT2D eigenvalue weighted by atomic mass is 10.1. The number of carbonyl (C=O) groups is 3. The van der Waals surface area contributed by atoms with E-state index in [1.165, 1.54) is 7.11 Å². The first kappa shape index (κ1) is 17.1. The van der Waals surface area contributed by atoms with Gasteiger partial charge in [-0.3, -0.25) is 14.5 Å². The highest BCUT2D eigenvalue weighted by Crippen LogP contribution is 2.31. The normalized spacial score (nSPS) is 16.3. The number of amides is 4. The van der Waals surface area contributed by atoms with Crippen molar-refractivity contribution in [3.8, 4) is 5.75 Å². The maximum Gasteiger partial charge on any atom is 0.325 e. The SMILES string of the molecule is COc1cc(Cl)c(C)cc1NC(=O)CN1C(=O)NC(C)(C)C1=O. The summed E-state index contributed by atoms with van der Waals surface area (Å²) in [4.78, 5) is 36.9. The van der Waals surface area contributed by atoms with Crippen LogP contribution in [0.25, 0.3) is 0 Å². The number of hydrogen-bond acceptors (Lipinski definition) is 4. The fourth-order valence-electron chi connectivity index (χ4n) is 2.22. The summed E-state index contributed by atoms with van der Waals surface area (Å²) in [7, 11) is 1.45. The van der Waals surface area contributed by atoms with Crippen molar-refractivity contribution < 1.29 is 19.1 Å². The molecule has 0 unspecified atom stereocenters. The van der Waals surface area contributed by atoms with Gasteiger partial charge in [-0.2, -0.15) is 0 Å². The molecular weight excluding hydrogens is 322 g/mol. The Morgan fingerprint density at radius 2 is 2.04 bits per heavy atom. The van der Waals surface area contributed by atoms with E-state index in [0.29, 0.717) is 16.5 Å². The lowest BCUT2D eigenvalue weighted by Crippen LogP contribution is -2.41. The van der Waals surface area contributed by atoms with Crippen molar-refractivity contribution in [2.45, 2.75) is 26.3 Å². The smallest absolute Gasteiger partial charge is 0.325 e. The lowest BCUT2D eigenvalue weighted by Gasteiger charge is -2.16. The molecule has 0 saturated carbocycles. The largest absolute Gasteiger partial charge is 0.495 e. The summed E-state index contributed by atoms with van der Waals surface area (Å²) in [6.07, 6.45) is 0. The van der Waals surface area contributed by atoms with Gasteiger partial charge in [0, 0.05) is 11.1 Å². The minimum absolute atomic E-state index is 0.376. The first-order valence-electron chi connectivity index (χ1n) is 6.94. The van der Waals surface area contributed by atoms with E-state index in [1.54, 1.807) is 32.9 Å². The zero-order chi connectivity index (χ0) is 17.4. The number of benzene rings is 1. The first-order chi connectivity index (χ1) is 10.7. The molecule has 1 saturated heterocycles. The van der Waals surface area contributed by atoms with Crippen molar-refractivity contribution in [3.63, 3.8) is 0 Å². The molecule has 4 amide bonds. The predicted octanol–water partition coefficient (Wildman–Crippen LogP) is 1.93. The molecule has 0 aliphatic carbocycles. The van der Waals surface area contributed by atoms with Crippen molar-refractivity contribution in [1.82, 2.24) is 10.2 Å². The number of aryl methyl sites for hydroxylation is 1. The Morgan fingerprint density at radius 3 is 2.57 bits per heavy atom. The van der Waals surface area contributed by atoms with Gasteiger partial charge in [-0.15, -0.1) is 0 Å². The van der Waals surface area contributed by atoms with E-state index in [2.05, 4.69) is 10.6 Å². The van der Waals surface area contributed by atoms with Gasteiger partial charge in [0.25, 0.3) is 5.91 Å². The molecule has 23 heavy (non-hydrogen) atoms. The lowest BCUT2D eigenvalue weighted by molar-refractivity contribution is -0.132. The summed E-state index contributed by atoms with van der Waals surface area (Å²) in [6.45, 7) is 4.57. The summed E-state index contributed by atoms with van der Waals surface area (Å²) < 4.78 is 5.17. The Hall–Kier alpha value is -2.28. The molecule has 1 aromatic carbocycles. The predicted molar refractivity (Wildman–Crippen MR) is 85.7 cm³/mol. The van der Waals surface area contributed by atoms with Crippen LogP contribution in [-0.4, -0.2) is 41.9 Å². The summed E-state index contributed by atoms with van der Waals surface area (Å²) in [5, 5.41) is 5.65. The van der Waals surface area contributed by atoms with Gasteiger partial charge in [0.1, 0.15) is 17.8 Å². The third-order valence-electron chi connectivity index (χ3n) is 3.50.